The quantitative estimate of drug-likeness (QED) is 0.220. The topological polar surface area (TPSA) is 109 Å². The number of esters is 2. The highest BCUT2D eigenvalue weighted by Crippen LogP contribution is 2.20. The summed E-state index contributed by atoms with van der Waals surface area (Å²) < 4.78 is 25.9. The molecule has 0 heterocycles. The van der Waals surface area contributed by atoms with Gasteiger partial charge in [-0.2, -0.15) is 0 Å². The van der Waals surface area contributed by atoms with Gasteiger partial charge in [0.25, 0.3) is 5.79 Å². The van der Waals surface area contributed by atoms with Crippen LogP contribution in [0.4, 0.5) is 4.79 Å². The Hall–Kier alpha value is -3.14. The second kappa shape index (κ2) is 15.1. The van der Waals surface area contributed by atoms with E-state index < -0.39 is 36.5 Å². The molecular weight excluding hydrogens is 490 g/mol. The summed E-state index contributed by atoms with van der Waals surface area (Å²) in [7, 11) is 0. The van der Waals surface area contributed by atoms with Crippen molar-refractivity contribution in [3.63, 3.8) is 0 Å². The van der Waals surface area contributed by atoms with E-state index in [1.807, 2.05) is 30.3 Å². The maximum atomic E-state index is 12.8. The maximum absolute atomic E-state index is 12.8. The molecule has 0 fully saturated rings. The Morgan fingerprint density at radius 2 is 1.58 bits per heavy atom. The van der Waals surface area contributed by atoms with Crippen LogP contribution in [0.2, 0.25) is 5.02 Å². The third-order valence-electron chi connectivity index (χ3n) is 5.04. The Morgan fingerprint density at radius 1 is 0.944 bits per heavy atom. The number of hydrogen-bond donors (Lipinski definition) is 1. The van der Waals surface area contributed by atoms with Gasteiger partial charge in [0.05, 0.1) is 5.92 Å². The summed E-state index contributed by atoms with van der Waals surface area (Å²) >= 11 is 5.89. The minimum atomic E-state index is -1.58. The van der Waals surface area contributed by atoms with Crippen LogP contribution in [0.1, 0.15) is 32.8 Å². The Morgan fingerprint density at radius 3 is 2.19 bits per heavy atom. The van der Waals surface area contributed by atoms with E-state index in [9.17, 15) is 14.4 Å². The molecular formula is C26H32ClNO8. The fraction of sp³-hybridized carbons (Fsp3) is 0.423. The number of alkyl carbamates (subject to hydrolysis) is 1. The first-order valence-electron chi connectivity index (χ1n) is 11.6. The Labute approximate surface area is 216 Å². The van der Waals surface area contributed by atoms with Gasteiger partial charge in [-0.05, 0) is 56.5 Å². The van der Waals surface area contributed by atoms with Crippen LogP contribution in [0.15, 0.2) is 54.6 Å². The molecule has 0 aliphatic rings. The number of benzene rings is 2. The molecule has 0 saturated carbocycles. The molecule has 0 radical (unpaired) electrons. The smallest absolute Gasteiger partial charge is 0.410 e. The van der Waals surface area contributed by atoms with Crippen molar-refractivity contribution in [1.29, 1.82) is 0 Å². The van der Waals surface area contributed by atoms with E-state index in [0.29, 0.717) is 23.6 Å². The first-order chi connectivity index (χ1) is 17.3. The summed E-state index contributed by atoms with van der Waals surface area (Å²) in [6.45, 7) is 4.84. The fourth-order valence-corrected chi connectivity index (χ4v) is 3.41. The van der Waals surface area contributed by atoms with Gasteiger partial charge in [0.1, 0.15) is 5.75 Å². The van der Waals surface area contributed by atoms with E-state index in [1.54, 1.807) is 38.1 Å². The Kier molecular flexibility index (Phi) is 12.2. The molecule has 1 atom stereocenters. The molecule has 1 amide bonds. The number of halogens is 1. The number of carbonyl (C=O) groups excluding carboxylic acids is 3. The van der Waals surface area contributed by atoms with E-state index in [2.05, 4.69) is 5.32 Å². The largest absolute Gasteiger partial charge is 0.426 e. The number of hydrogen-bond acceptors (Lipinski definition) is 8. The van der Waals surface area contributed by atoms with Crippen LogP contribution in [0, 0.1) is 5.92 Å². The lowest BCUT2D eigenvalue weighted by atomic mass is 9.96. The predicted octanol–water partition coefficient (Wildman–Crippen LogP) is 4.51. The van der Waals surface area contributed by atoms with Gasteiger partial charge in [-0.25, -0.2) is 9.59 Å². The lowest BCUT2D eigenvalue weighted by Gasteiger charge is -2.26. The molecule has 36 heavy (non-hydrogen) atoms. The highest BCUT2D eigenvalue weighted by atomic mass is 35.5. The zero-order valence-corrected chi connectivity index (χ0v) is 21.4. The predicted molar refractivity (Wildman–Crippen MR) is 132 cm³/mol. The Balaban J connectivity index is 1.85. The Bertz CT molecular complexity index is 962. The molecule has 0 bridgehead atoms. The molecule has 1 N–H and O–H groups in total. The maximum Gasteiger partial charge on any atom is 0.410 e. The molecule has 0 aromatic heterocycles. The first-order valence-corrected chi connectivity index (χ1v) is 12.0. The van der Waals surface area contributed by atoms with Crippen LogP contribution in [-0.2, 0) is 35.0 Å². The van der Waals surface area contributed by atoms with Crippen molar-refractivity contribution in [3.8, 4) is 5.75 Å². The van der Waals surface area contributed by atoms with Crippen molar-refractivity contribution >= 4 is 29.6 Å². The van der Waals surface area contributed by atoms with Crippen LogP contribution in [0.3, 0.4) is 0 Å². The molecule has 0 aliphatic heterocycles. The second-order valence-corrected chi connectivity index (χ2v) is 8.21. The van der Waals surface area contributed by atoms with Gasteiger partial charge < -0.3 is 29.0 Å². The minimum absolute atomic E-state index is 0.135. The summed E-state index contributed by atoms with van der Waals surface area (Å²) in [5.41, 5.74) is 0.955. The van der Waals surface area contributed by atoms with Gasteiger partial charge in [0, 0.05) is 31.7 Å². The average molecular weight is 522 g/mol. The van der Waals surface area contributed by atoms with Crippen molar-refractivity contribution < 1.29 is 38.1 Å². The summed E-state index contributed by atoms with van der Waals surface area (Å²) in [4.78, 5) is 37.1. The fourth-order valence-electron chi connectivity index (χ4n) is 3.28. The summed E-state index contributed by atoms with van der Waals surface area (Å²) in [5.74, 6) is -2.98. The van der Waals surface area contributed by atoms with Gasteiger partial charge in [0.2, 0.25) is 6.79 Å². The standard InChI is InChI=1S/C26H32ClNO8/c1-4-34-26(3,35-5-2)24(30)32-18-33-25(31)28-16-15-20(17-19-9-7-6-8-10-19)23(29)36-22-13-11-21(27)12-14-22/h6-14,20H,4-5,15-18H2,1-3H3,(H,28,31). The van der Waals surface area contributed by atoms with Crippen molar-refractivity contribution in [3.05, 3.63) is 65.2 Å². The zero-order chi connectivity index (χ0) is 26.4. The van der Waals surface area contributed by atoms with Crippen LogP contribution < -0.4 is 10.1 Å². The molecule has 2 rings (SSSR count). The van der Waals surface area contributed by atoms with Crippen LogP contribution in [-0.4, -0.2) is 50.4 Å². The number of rotatable bonds is 14. The van der Waals surface area contributed by atoms with Gasteiger partial charge >= 0.3 is 18.0 Å². The summed E-state index contributed by atoms with van der Waals surface area (Å²) in [5, 5.41) is 3.08. The molecule has 2 aromatic rings. The number of carbonyl (C=O) groups is 3. The lowest BCUT2D eigenvalue weighted by Crippen LogP contribution is -2.43. The SMILES string of the molecule is CCOC(C)(OCC)C(=O)OCOC(=O)NCCC(Cc1ccccc1)C(=O)Oc1ccc(Cl)cc1. The highest BCUT2D eigenvalue weighted by molar-refractivity contribution is 6.30. The lowest BCUT2D eigenvalue weighted by molar-refractivity contribution is -0.242. The minimum Gasteiger partial charge on any atom is -0.426 e. The van der Waals surface area contributed by atoms with Crippen molar-refractivity contribution in [2.75, 3.05) is 26.6 Å². The molecule has 1 unspecified atom stereocenters. The number of ether oxygens (including phenoxy) is 5. The van der Waals surface area contributed by atoms with Gasteiger partial charge in [0.15, 0.2) is 0 Å². The van der Waals surface area contributed by atoms with Crippen molar-refractivity contribution in [1.82, 2.24) is 5.32 Å². The third kappa shape index (κ3) is 9.85. The zero-order valence-electron chi connectivity index (χ0n) is 20.7. The first kappa shape index (κ1) is 29.1. The van der Waals surface area contributed by atoms with Crippen LogP contribution in [0.5, 0.6) is 5.75 Å². The molecule has 0 saturated heterocycles. The summed E-state index contributed by atoms with van der Waals surface area (Å²) in [6, 6.07) is 16.0. The molecule has 2 aromatic carbocycles. The third-order valence-corrected chi connectivity index (χ3v) is 5.29. The highest BCUT2D eigenvalue weighted by Gasteiger charge is 2.37. The number of nitrogens with one attached hydrogen (secondary N) is 1. The van der Waals surface area contributed by atoms with E-state index in [-0.39, 0.29) is 19.8 Å². The van der Waals surface area contributed by atoms with Crippen molar-refractivity contribution in [2.24, 2.45) is 5.92 Å². The van der Waals surface area contributed by atoms with Crippen molar-refractivity contribution in [2.45, 2.75) is 39.4 Å². The van der Waals surface area contributed by atoms with Gasteiger partial charge in [-0.3, -0.25) is 4.79 Å². The monoisotopic (exact) mass is 521 g/mol. The van der Waals surface area contributed by atoms with E-state index in [0.717, 1.165) is 5.56 Å². The van der Waals surface area contributed by atoms with E-state index in [1.165, 1.54) is 6.92 Å². The molecule has 0 aliphatic carbocycles. The summed E-state index contributed by atoms with van der Waals surface area (Å²) in [6.07, 6.45) is -0.0836. The molecule has 9 nitrogen and oxygen atoms in total. The second-order valence-electron chi connectivity index (χ2n) is 7.77. The molecule has 196 valence electrons. The molecule has 0 spiro atoms. The van der Waals surface area contributed by atoms with Gasteiger partial charge in [-0.15, -0.1) is 0 Å². The molecule has 10 heteroatoms. The average Bonchev–Trinajstić information content (AvgIpc) is 2.85. The van der Waals surface area contributed by atoms with Gasteiger partial charge in [-0.1, -0.05) is 41.9 Å². The van der Waals surface area contributed by atoms with Crippen LogP contribution >= 0.6 is 11.6 Å². The van der Waals surface area contributed by atoms with Crippen LogP contribution in [0.25, 0.3) is 0 Å². The number of amides is 1. The normalized spacial score (nSPS) is 11.9. The van der Waals surface area contributed by atoms with E-state index in [4.69, 9.17) is 35.3 Å². The van der Waals surface area contributed by atoms with E-state index >= 15 is 0 Å².